The van der Waals surface area contributed by atoms with Crippen molar-refractivity contribution < 1.29 is 13.9 Å². The lowest BCUT2D eigenvalue weighted by Crippen LogP contribution is -2.34. The minimum absolute atomic E-state index is 0.174. The summed E-state index contributed by atoms with van der Waals surface area (Å²) in [4.78, 5) is 16.8. The highest BCUT2D eigenvalue weighted by atomic mass is 35.5. The lowest BCUT2D eigenvalue weighted by molar-refractivity contribution is 0.0977. The van der Waals surface area contributed by atoms with E-state index in [-0.39, 0.29) is 11.0 Å². The average Bonchev–Trinajstić information content (AvgIpc) is 3.17. The number of carbonyl (C=O) groups excluding carboxylic acids is 1. The Morgan fingerprint density at radius 2 is 1.80 bits per heavy atom. The molecule has 2 N–H and O–H groups in total. The lowest BCUT2D eigenvalue weighted by atomic mass is 10.2. The van der Waals surface area contributed by atoms with Gasteiger partial charge in [0.15, 0.2) is 10.7 Å². The van der Waals surface area contributed by atoms with E-state index in [2.05, 4.69) is 15.6 Å². The van der Waals surface area contributed by atoms with Gasteiger partial charge >= 0.3 is 0 Å². The first-order chi connectivity index (χ1) is 14.5. The maximum Gasteiger partial charge on any atom is 0.257 e. The molecule has 0 aliphatic rings. The molecule has 0 aliphatic carbocycles. The van der Waals surface area contributed by atoms with Crippen LogP contribution < -0.4 is 15.4 Å². The number of oxazole rings is 1. The fourth-order valence-corrected chi connectivity index (χ4v) is 3.14. The Bertz CT molecular complexity index is 1220. The quantitative estimate of drug-likeness (QED) is 0.423. The van der Waals surface area contributed by atoms with Crippen molar-refractivity contribution in [1.82, 2.24) is 10.3 Å². The highest BCUT2D eigenvalue weighted by molar-refractivity contribution is 7.80. The third-order valence-corrected chi connectivity index (χ3v) is 4.77. The molecule has 0 atom stereocenters. The summed E-state index contributed by atoms with van der Waals surface area (Å²) in [6.45, 7) is 0. The van der Waals surface area contributed by atoms with Gasteiger partial charge in [-0.3, -0.25) is 10.1 Å². The normalized spacial score (nSPS) is 10.6. The van der Waals surface area contributed by atoms with Gasteiger partial charge in [0.25, 0.3) is 5.91 Å². The van der Waals surface area contributed by atoms with E-state index in [9.17, 15) is 4.79 Å². The zero-order valence-electron chi connectivity index (χ0n) is 15.8. The third kappa shape index (κ3) is 4.42. The summed E-state index contributed by atoms with van der Waals surface area (Å²) < 4.78 is 11.0. The molecule has 6 nitrogen and oxygen atoms in total. The number of methoxy groups -OCH3 is 1. The maximum absolute atomic E-state index is 12.3. The van der Waals surface area contributed by atoms with Crippen LogP contribution in [-0.4, -0.2) is 23.1 Å². The van der Waals surface area contributed by atoms with Gasteiger partial charge in [-0.1, -0.05) is 11.6 Å². The summed E-state index contributed by atoms with van der Waals surface area (Å²) in [6.07, 6.45) is 0. The van der Waals surface area contributed by atoms with Crippen molar-refractivity contribution in [2.75, 3.05) is 12.4 Å². The number of anilines is 1. The number of rotatable bonds is 4. The molecular formula is C22H16ClN3O3S. The summed E-state index contributed by atoms with van der Waals surface area (Å²) in [7, 11) is 1.62. The Labute approximate surface area is 182 Å². The molecule has 4 rings (SSSR count). The molecular weight excluding hydrogens is 422 g/mol. The molecule has 1 amide bonds. The molecule has 30 heavy (non-hydrogen) atoms. The smallest absolute Gasteiger partial charge is 0.257 e. The Morgan fingerprint density at radius 1 is 1.07 bits per heavy atom. The molecule has 0 saturated heterocycles. The van der Waals surface area contributed by atoms with Crippen molar-refractivity contribution in [2.24, 2.45) is 0 Å². The highest BCUT2D eigenvalue weighted by Gasteiger charge is 2.11. The first-order valence-corrected chi connectivity index (χ1v) is 9.73. The number of nitrogens with one attached hydrogen (secondary N) is 2. The van der Waals surface area contributed by atoms with Crippen LogP contribution >= 0.6 is 23.8 Å². The van der Waals surface area contributed by atoms with Crippen LogP contribution in [0.1, 0.15) is 10.4 Å². The number of halogens is 1. The number of fused-ring (bicyclic) bond motifs is 1. The number of carbonyl (C=O) groups is 1. The van der Waals surface area contributed by atoms with Gasteiger partial charge in [-0.15, -0.1) is 0 Å². The zero-order chi connectivity index (χ0) is 21.1. The van der Waals surface area contributed by atoms with Crippen LogP contribution in [0.25, 0.3) is 22.6 Å². The van der Waals surface area contributed by atoms with Gasteiger partial charge in [0.1, 0.15) is 11.3 Å². The Balaban J connectivity index is 1.47. The first kappa shape index (κ1) is 19.9. The number of hydrogen-bond acceptors (Lipinski definition) is 5. The predicted molar refractivity (Wildman–Crippen MR) is 121 cm³/mol. The molecule has 0 fully saturated rings. The fourth-order valence-electron chi connectivity index (χ4n) is 2.80. The Kier molecular flexibility index (Phi) is 5.65. The maximum atomic E-state index is 12.3. The summed E-state index contributed by atoms with van der Waals surface area (Å²) in [5.74, 6) is 0.937. The Hall–Kier alpha value is -3.42. The van der Waals surface area contributed by atoms with Crippen LogP contribution in [-0.2, 0) is 0 Å². The molecule has 0 saturated carbocycles. The van der Waals surface area contributed by atoms with E-state index in [1.807, 2.05) is 24.3 Å². The average molecular weight is 438 g/mol. The number of thiocarbonyl (C=S) groups is 1. The number of amides is 1. The van der Waals surface area contributed by atoms with E-state index >= 15 is 0 Å². The summed E-state index contributed by atoms with van der Waals surface area (Å²) in [5.41, 5.74) is 3.28. The monoisotopic (exact) mass is 437 g/mol. The molecule has 0 unspecified atom stereocenters. The number of nitrogens with zero attached hydrogens (tertiary/aromatic N) is 1. The summed E-state index contributed by atoms with van der Waals surface area (Å²) in [5, 5.41) is 6.35. The fraction of sp³-hybridized carbons (Fsp3) is 0.0455. The minimum atomic E-state index is -0.325. The molecule has 4 aromatic rings. The van der Waals surface area contributed by atoms with E-state index in [4.69, 9.17) is 33.0 Å². The van der Waals surface area contributed by atoms with Gasteiger partial charge in [-0.2, -0.15) is 0 Å². The van der Waals surface area contributed by atoms with Crippen molar-refractivity contribution in [3.63, 3.8) is 0 Å². The molecule has 0 spiro atoms. The van der Waals surface area contributed by atoms with Gasteiger partial charge in [-0.05, 0) is 78.9 Å². The number of benzene rings is 3. The highest BCUT2D eigenvalue weighted by Crippen LogP contribution is 2.27. The van der Waals surface area contributed by atoms with E-state index in [1.54, 1.807) is 49.6 Å². The van der Waals surface area contributed by atoms with E-state index in [1.165, 1.54) is 0 Å². The standard InChI is InChI=1S/C22H16ClN3O3S/c1-28-17-9-4-14(5-10-17)21-25-18-12-16(8-11-19(18)29-21)24-22(30)26-20(27)13-2-6-15(23)7-3-13/h2-12H,1H3,(H2,24,26,27,30). The number of aromatic nitrogens is 1. The van der Waals surface area contributed by atoms with Crippen molar-refractivity contribution >= 4 is 51.6 Å². The molecule has 0 aliphatic heterocycles. The molecule has 3 aromatic carbocycles. The van der Waals surface area contributed by atoms with Crippen molar-refractivity contribution in [2.45, 2.75) is 0 Å². The molecule has 1 heterocycles. The molecule has 150 valence electrons. The molecule has 8 heteroatoms. The van der Waals surface area contributed by atoms with Crippen LogP contribution in [0.4, 0.5) is 5.69 Å². The van der Waals surface area contributed by atoms with E-state index < -0.39 is 0 Å². The van der Waals surface area contributed by atoms with Gasteiger partial charge in [0.2, 0.25) is 5.89 Å². The molecule has 0 bridgehead atoms. The van der Waals surface area contributed by atoms with Gasteiger partial charge < -0.3 is 14.5 Å². The van der Waals surface area contributed by atoms with Crippen molar-refractivity contribution in [3.05, 3.63) is 77.3 Å². The van der Waals surface area contributed by atoms with Crippen LogP contribution in [0.2, 0.25) is 5.02 Å². The second kappa shape index (κ2) is 8.52. The zero-order valence-corrected chi connectivity index (χ0v) is 17.4. The number of hydrogen-bond donors (Lipinski definition) is 2. The van der Waals surface area contributed by atoms with E-state index in [0.717, 1.165) is 11.3 Å². The van der Waals surface area contributed by atoms with Crippen LogP contribution in [0, 0.1) is 0 Å². The predicted octanol–water partition coefficient (Wildman–Crippen LogP) is 5.28. The van der Waals surface area contributed by atoms with Crippen molar-refractivity contribution in [3.8, 4) is 17.2 Å². The van der Waals surface area contributed by atoms with Gasteiger partial charge in [0.05, 0.1) is 7.11 Å². The molecule has 0 radical (unpaired) electrons. The van der Waals surface area contributed by atoms with Crippen LogP contribution in [0.5, 0.6) is 5.75 Å². The second-order valence-corrected chi connectivity index (χ2v) is 7.19. The topological polar surface area (TPSA) is 76.4 Å². The molecule has 1 aromatic heterocycles. The minimum Gasteiger partial charge on any atom is -0.497 e. The van der Waals surface area contributed by atoms with Crippen LogP contribution in [0.15, 0.2) is 71.1 Å². The largest absolute Gasteiger partial charge is 0.497 e. The first-order valence-electron chi connectivity index (χ1n) is 8.95. The SMILES string of the molecule is COc1ccc(-c2nc3cc(NC(=S)NC(=O)c4ccc(Cl)cc4)ccc3o2)cc1. The lowest BCUT2D eigenvalue weighted by Gasteiger charge is -2.09. The summed E-state index contributed by atoms with van der Waals surface area (Å²) >= 11 is 11.1. The number of ether oxygens (including phenoxy) is 1. The van der Waals surface area contributed by atoms with Gasteiger partial charge in [-0.25, -0.2) is 4.98 Å². The van der Waals surface area contributed by atoms with Crippen molar-refractivity contribution in [1.29, 1.82) is 0 Å². The second-order valence-electron chi connectivity index (χ2n) is 6.35. The Morgan fingerprint density at radius 3 is 2.50 bits per heavy atom. The van der Waals surface area contributed by atoms with E-state index in [0.29, 0.717) is 33.3 Å². The van der Waals surface area contributed by atoms with Crippen LogP contribution in [0.3, 0.4) is 0 Å². The third-order valence-electron chi connectivity index (χ3n) is 4.32. The summed E-state index contributed by atoms with van der Waals surface area (Å²) in [6, 6.07) is 19.4. The van der Waals surface area contributed by atoms with Gasteiger partial charge in [0, 0.05) is 21.8 Å².